The number of aliphatic imine (C=N–C) groups is 2. The lowest BCUT2D eigenvalue weighted by Crippen LogP contribution is -2.41. The van der Waals surface area contributed by atoms with E-state index < -0.39 is 35.4 Å². The van der Waals surface area contributed by atoms with Crippen molar-refractivity contribution in [3.63, 3.8) is 0 Å². The van der Waals surface area contributed by atoms with Crippen molar-refractivity contribution in [2.45, 2.75) is 12.8 Å². The van der Waals surface area contributed by atoms with Crippen molar-refractivity contribution in [1.29, 1.82) is 0 Å². The smallest absolute Gasteiger partial charge is 0.314 e. The third kappa shape index (κ3) is 4.94. The van der Waals surface area contributed by atoms with Crippen molar-refractivity contribution in [3.05, 3.63) is 60.2 Å². The van der Waals surface area contributed by atoms with Gasteiger partial charge in [0.15, 0.2) is 0 Å². The predicted octanol–water partition coefficient (Wildman–Crippen LogP) is 4.18. The maximum atomic E-state index is 13.2. The Morgan fingerprint density at radius 2 is 1.07 bits per heavy atom. The van der Waals surface area contributed by atoms with Crippen LogP contribution in [0.1, 0.15) is 12.8 Å². The molecule has 0 bridgehead atoms. The lowest BCUT2D eigenvalue weighted by molar-refractivity contribution is -0.145. The number of hydrogen-bond donors (Lipinski definition) is 0. The van der Waals surface area contributed by atoms with Crippen molar-refractivity contribution >= 4 is 34.7 Å². The highest BCUT2D eigenvalue weighted by Gasteiger charge is 2.40. The summed E-state index contributed by atoms with van der Waals surface area (Å²) in [5.74, 6) is -3.39. The van der Waals surface area contributed by atoms with E-state index in [2.05, 4.69) is 9.98 Å². The molecule has 1 saturated carbocycles. The van der Waals surface area contributed by atoms with Gasteiger partial charge in [-0.15, -0.1) is 0 Å². The average Bonchev–Trinajstić information content (AvgIpc) is 2.76. The van der Waals surface area contributed by atoms with Crippen molar-refractivity contribution in [2.75, 3.05) is 14.2 Å². The lowest BCUT2D eigenvalue weighted by Gasteiger charge is -2.29. The van der Waals surface area contributed by atoms with Gasteiger partial charge >= 0.3 is 11.9 Å². The van der Waals surface area contributed by atoms with Crippen LogP contribution in [-0.2, 0) is 19.1 Å². The zero-order valence-corrected chi connectivity index (χ0v) is 16.5. The molecule has 0 saturated heterocycles. The minimum atomic E-state index is -0.764. The molecule has 0 radical (unpaired) electrons. The predicted molar refractivity (Wildman–Crippen MR) is 107 cm³/mol. The van der Waals surface area contributed by atoms with Gasteiger partial charge in [-0.3, -0.25) is 19.6 Å². The number of esters is 2. The van der Waals surface area contributed by atoms with Crippen molar-refractivity contribution in [1.82, 2.24) is 0 Å². The van der Waals surface area contributed by atoms with E-state index >= 15 is 0 Å². The molecular weight excluding hydrogens is 394 g/mol. The van der Waals surface area contributed by atoms with E-state index in [1.165, 1.54) is 62.8 Å². The number of ether oxygens (including phenoxy) is 2. The zero-order valence-electron chi connectivity index (χ0n) is 16.5. The number of carbonyl (C=O) groups is 2. The van der Waals surface area contributed by atoms with E-state index in [0.29, 0.717) is 22.8 Å². The van der Waals surface area contributed by atoms with Gasteiger partial charge < -0.3 is 9.47 Å². The molecule has 1 aliphatic carbocycles. The van der Waals surface area contributed by atoms with Gasteiger partial charge in [-0.2, -0.15) is 0 Å². The molecule has 0 N–H and O–H groups in total. The largest absolute Gasteiger partial charge is 0.469 e. The van der Waals surface area contributed by atoms with E-state index in [1.54, 1.807) is 0 Å². The standard InChI is InChI=1S/C22H20F2N2O4/c1-29-21(27)17-11-20(26-16-9-5-14(24)6-10-16)18(22(28)30-2)12-19(17)25-15-7-3-13(23)4-8-15/h3-10,17-18H,11-12H2,1-2H3. The van der Waals surface area contributed by atoms with Gasteiger partial charge in [0.05, 0.1) is 25.6 Å². The molecule has 30 heavy (non-hydrogen) atoms. The van der Waals surface area contributed by atoms with Crippen LogP contribution in [0.4, 0.5) is 20.2 Å². The average molecular weight is 414 g/mol. The Morgan fingerprint density at radius 3 is 1.37 bits per heavy atom. The summed E-state index contributed by atoms with van der Waals surface area (Å²) in [7, 11) is 2.53. The van der Waals surface area contributed by atoms with E-state index in [4.69, 9.17) is 9.47 Å². The first kappa shape index (κ1) is 21.3. The van der Waals surface area contributed by atoms with Crippen LogP contribution in [0.25, 0.3) is 0 Å². The van der Waals surface area contributed by atoms with Gasteiger partial charge in [-0.05, 0) is 48.5 Å². The highest BCUT2D eigenvalue weighted by atomic mass is 19.1. The summed E-state index contributed by atoms with van der Waals surface area (Å²) in [4.78, 5) is 33.8. The van der Waals surface area contributed by atoms with E-state index in [-0.39, 0.29) is 12.8 Å². The second-order valence-electron chi connectivity index (χ2n) is 6.72. The van der Waals surface area contributed by atoms with E-state index in [1.807, 2.05) is 0 Å². The van der Waals surface area contributed by atoms with Crippen molar-refractivity contribution in [2.24, 2.45) is 21.8 Å². The molecule has 0 amide bonds. The van der Waals surface area contributed by atoms with Gasteiger partial charge in [-0.25, -0.2) is 8.78 Å². The van der Waals surface area contributed by atoms with Gasteiger partial charge in [0.2, 0.25) is 0 Å². The molecule has 156 valence electrons. The van der Waals surface area contributed by atoms with Crippen molar-refractivity contribution < 1.29 is 27.8 Å². The molecule has 1 fully saturated rings. The Morgan fingerprint density at radius 1 is 0.733 bits per heavy atom. The SMILES string of the molecule is COC(=O)C1CC(=Nc2ccc(F)cc2)C(C(=O)OC)CC1=Nc1ccc(F)cc1. The summed E-state index contributed by atoms with van der Waals surface area (Å²) in [6.07, 6.45) is 0.174. The number of rotatable bonds is 4. The Labute approximate surface area is 172 Å². The van der Waals surface area contributed by atoms with Crippen LogP contribution < -0.4 is 0 Å². The molecule has 2 aromatic rings. The van der Waals surface area contributed by atoms with Gasteiger partial charge in [-0.1, -0.05) is 0 Å². The minimum Gasteiger partial charge on any atom is -0.469 e. The molecule has 0 aromatic heterocycles. The number of benzene rings is 2. The third-order valence-electron chi connectivity index (χ3n) is 4.80. The Kier molecular flexibility index (Phi) is 6.66. The topological polar surface area (TPSA) is 77.3 Å². The van der Waals surface area contributed by atoms with E-state index in [0.717, 1.165) is 0 Å². The third-order valence-corrected chi connectivity index (χ3v) is 4.80. The summed E-state index contributed by atoms with van der Waals surface area (Å²) >= 11 is 0. The first-order valence-corrected chi connectivity index (χ1v) is 9.23. The number of methoxy groups -OCH3 is 2. The van der Waals surface area contributed by atoms with Gasteiger partial charge in [0, 0.05) is 24.3 Å². The van der Waals surface area contributed by atoms with Crippen LogP contribution in [0.15, 0.2) is 58.5 Å². The number of nitrogens with zero attached hydrogens (tertiary/aromatic N) is 2. The molecule has 0 spiro atoms. The van der Waals surface area contributed by atoms with Crippen molar-refractivity contribution in [3.8, 4) is 0 Å². The van der Waals surface area contributed by atoms with Gasteiger partial charge in [0.1, 0.15) is 23.5 Å². The highest BCUT2D eigenvalue weighted by molar-refractivity contribution is 6.16. The number of carbonyl (C=O) groups excluding carboxylic acids is 2. The van der Waals surface area contributed by atoms with Crippen LogP contribution in [0, 0.1) is 23.5 Å². The molecule has 2 aromatic carbocycles. The lowest BCUT2D eigenvalue weighted by atomic mass is 9.78. The van der Waals surface area contributed by atoms with E-state index in [9.17, 15) is 18.4 Å². The molecule has 3 rings (SSSR count). The van der Waals surface area contributed by atoms with Crippen LogP contribution in [0.2, 0.25) is 0 Å². The molecule has 8 heteroatoms. The quantitative estimate of drug-likeness (QED) is 0.703. The molecule has 0 aliphatic heterocycles. The highest BCUT2D eigenvalue weighted by Crippen LogP contribution is 2.31. The second-order valence-corrected chi connectivity index (χ2v) is 6.72. The summed E-state index contributed by atoms with van der Waals surface area (Å²) in [5, 5.41) is 0. The summed E-state index contributed by atoms with van der Waals surface area (Å²) in [6, 6.07) is 10.9. The fourth-order valence-electron chi connectivity index (χ4n) is 3.27. The zero-order chi connectivity index (χ0) is 21.7. The molecule has 2 unspecified atom stereocenters. The summed E-state index contributed by atoms with van der Waals surface area (Å²) in [5.41, 5.74) is 1.73. The maximum Gasteiger partial charge on any atom is 0.314 e. The second kappa shape index (κ2) is 9.39. The monoisotopic (exact) mass is 414 g/mol. The molecule has 1 aliphatic rings. The Bertz CT molecular complexity index is 904. The maximum absolute atomic E-state index is 13.2. The first-order chi connectivity index (χ1) is 14.4. The molecular formula is C22H20F2N2O4. The fraction of sp³-hybridized carbons (Fsp3) is 0.273. The molecule has 6 nitrogen and oxygen atoms in total. The number of hydrogen-bond acceptors (Lipinski definition) is 6. The molecule has 0 heterocycles. The summed E-state index contributed by atoms with van der Waals surface area (Å²) in [6.45, 7) is 0. The normalized spacial score (nSPS) is 21.5. The number of halogens is 2. The van der Waals surface area contributed by atoms with Crippen LogP contribution >= 0.6 is 0 Å². The van der Waals surface area contributed by atoms with Crippen LogP contribution in [-0.4, -0.2) is 37.6 Å². The summed E-state index contributed by atoms with van der Waals surface area (Å²) < 4.78 is 36.2. The Balaban J connectivity index is 2.02. The fourth-order valence-corrected chi connectivity index (χ4v) is 3.27. The van der Waals surface area contributed by atoms with Crippen LogP contribution in [0.5, 0.6) is 0 Å². The first-order valence-electron chi connectivity index (χ1n) is 9.23. The molecule has 2 atom stereocenters. The Hall–Kier alpha value is -3.42. The van der Waals surface area contributed by atoms with Gasteiger partial charge in [0.25, 0.3) is 0 Å². The minimum absolute atomic E-state index is 0.0871. The van der Waals surface area contributed by atoms with Crippen LogP contribution in [0.3, 0.4) is 0 Å².